The molecule has 2 saturated carbocycles. The number of esters is 2. The van der Waals surface area contributed by atoms with Gasteiger partial charge in [-0.1, -0.05) is 27.7 Å². The van der Waals surface area contributed by atoms with Crippen LogP contribution in [0.5, 0.6) is 0 Å². The summed E-state index contributed by atoms with van der Waals surface area (Å²) in [4.78, 5) is 23.1. The molecular formula is C12H18O3. The molecule has 15 heavy (non-hydrogen) atoms. The smallest absolute Gasteiger partial charge is 0.317 e. The van der Waals surface area contributed by atoms with E-state index in [0.717, 1.165) is 12.8 Å². The van der Waals surface area contributed by atoms with Gasteiger partial charge in [-0.15, -0.1) is 0 Å². The Balaban J connectivity index is 1.84. The molecule has 2 unspecified atom stereocenters. The molecule has 2 aliphatic rings. The molecule has 0 aromatic rings. The highest BCUT2D eigenvalue weighted by molar-refractivity contribution is 5.91. The van der Waals surface area contributed by atoms with Crippen molar-refractivity contribution in [1.82, 2.24) is 0 Å². The van der Waals surface area contributed by atoms with E-state index in [0.29, 0.717) is 0 Å². The zero-order valence-electron chi connectivity index (χ0n) is 9.79. The lowest BCUT2D eigenvalue weighted by Crippen LogP contribution is -2.18. The molecule has 0 radical (unpaired) electrons. The number of hydrogen-bond acceptors (Lipinski definition) is 3. The van der Waals surface area contributed by atoms with Crippen molar-refractivity contribution >= 4 is 11.9 Å². The van der Waals surface area contributed by atoms with E-state index >= 15 is 0 Å². The number of ether oxygens (including phenoxy) is 1. The van der Waals surface area contributed by atoms with Gasteiger partial charge >= 0.3 is 11.9 Å². The third-order valence-corrected chi connectivity index (χ3v) is 3.80. The zero-order valence-corrected chi connectivity index (χ0v) is 9.79. The molecule has 0 aromatic heterocycles. The topological polar surface area (TPSA) is 43.4 Å². The highest BCUT2D eigenvalue weighted by atomic mass is 16.6. The molecule has 2 atom stereocenters. The van der Waals surface area contributed by atoms with E-state index in [1.54, 1.807) is 0 Å². The maximum absolute atomic E-state index is 11.5. The molecule has 0 aliphatic heterocycles. The summed E-state index contributed by atoms with van der Waals surface area (Å²) < 4.78 is 4.89. The summed E-state index contributed by atoms with van der Waals surface area (Å²) in [6.45, 7) is 8.07. The number of carbonyl (C=O) groups is 2. The van der Waals surface area contributed by atoms with Crippen LogP contribution in [-0.2, 0) is 14.3 Å². The summed E-state index contributed by atoms with van der Waals surface area (Å²) in [5.74, 6) is -0.785. The molecule has 0 spiro atoms. The summed E-state index contributed by atoms with van der Waals surface area (Å²) in [5.41, 5.74) is 0.0763. The predicted molar refractivity (Wildman–Crippen MR) is 54.9 cm³/mol. The minimum Gasteiger partial charge on any atom is -0.393 e. The van der Waals surface area contributed by atoms with Crippen LogP contribution in [-0.4, -0.2) is 11.9 Å². The molecule has 0 aromatic carbocycles. The van der Waals surface area contributed by atoms with Crippen molar-refractivity contribution in [2.75, 3.05) is 0 Å². The number of hydrogen-bond donors (Lipinski definition) is 0. The van der Waals surface area contributed by atoms with Crippen LogP contribution < -0.4 is 0 Å². The first-order valence-corrected chi connectivity index (χ1v) is 5.49. The Morgan fingerprint density at radius 2 is 1.20 bits per heavy atom. The van der Waals surface area contributed by atoms with E-state index in [9.17, 15) is 9.59 Å². The highest BCUT2D eigenvalue weighted by Crippen LogP contribution is 2.54. The van der Waals surface area contributed by atoms with Crippen LogP contribution in [0.1, 0.15) is 40.5 Å². The number of carbonyl (C=O) groups excluding carboxylic acids is 2. The van der Waals surface area contributed by atoms with Crippen molar-refractivity contribution < 1.29 is 14.3 Å². The molecule has 0 saturated heterocycles. The van der Waals surface area contributed by atoms with Gasteiger partial charge in [-0.2, -0.15) is 0 Å². The molecule has 2 fully saturated rings. The van der Waals surface area contributed by atoms with E-state index in [4.69, 9.17) is 4.74 Å². The Hall–Kier alpha value is -0.860. The maximum Gasteiger partial charge on any atom is 0.317 e. The third-order valence-electron chi connectivity index (χ3n) is 3.80. The van der Waals surface area contributed by atoms with Crippen molar-refractivity contribution in [2.24, 2.45) is 22.7 Å². The first-order valence-electron chi connectivity index (χ1n) is 5.49. The predicted octanol–water partition coefficient (Wildman–Crippen LogP) is 2.15. The SMILES string of the molecule is CC1(C)CC1C(=O)OC(=O)C1CC1(C)C. The number of rotatable bonds is 2. The summed E-state index contributed by atoms with van der Waals surface area (Å²) in [6, 6.07) is 0. The van der Waals surface area contributed by atoms with E-state index in [-0.39, 0.29) is 34.6 Å². The second-order valence-corrected chi connectivity index (χ2v) is 6.23. The van der Waals surface area contributed by atoms with Gasteiger partial charge in [0, 0.05) is 0 Å². The molecule has 0 amide bonds. The van der Waals surface area contributed by atoms with Gasteiger partial charge in [0.2, 0.25) is 0 Å². The van der Waals surface area contributed by atoms with Gasteiger partial charge in [-0.3, -0.25) is 9.59 Å². The summed E-state index contributed by atoms with van der Waals surface area (Å²) in [6.07, 6.45) is 1.68. The Labute approximate surface area is 90.2 Å². The Kier molecular flexibility index (Phi) is 2.01. The van der Waals surface area contributed by atoms with Crippen LogP contribution in [0, 0.1) is 22.7 Å². The van der Waals surface area contributed by atoms with Gasteiger partial charge < -0.3 is 4.74 Å². The van der Waals surface area contributed by atoms with Crippen LogP contribution in [0.25, 0.3) is 0 Å². The third kappa shape index (κ3) is 1.92. The lowest BCUT2D eigenvalue weighted by atomic mass is 10.1. The molecule has 2 aliphatic carbocycles. The Morgan fingerprint density at radius 1 is 0.933 bits per heavy atom. The second-order valence-electron chi connectivity index (χ2n) is 6.23. The van der Waals surface area contributed by atoms with E-state index in [2.05, 4.69) is 0 Å². The van der Waals surface area contributed by atoms with Crippen LogP contribution in [0.4, 0.5) is 0 Å². The van der Waals surface area contributed by atoms with E-state index in [1.165, 1.54) is 0 Å². The van der Waals surface area contributed by atoms with Crippen LogP contribution in [0.2, 0.25) is 0 Å². The van der Waals surface area contributed by atoms with Gasteiger partial charge in [0.05, 0.1) is 11.8 Å². The Morgan fingerprint density at radius 3 is 1.40 bits per heavy atom. The van der Waals surface area contributed by atoms with Crippen molar-refractivity contribution in [3.05, 3.63) is 0 Å². The standard InChI is InChI=1S/C12H18O3/c1-11(2)5-7(11)9(13)15-10(14)8-6-12(8,3)4/h7-8H,5-6H2,1-4H3. The van der Waals surface area contributed by atoms with Crippen molar-refractivity contribution in [3.63, 3.8) is 0 Å². The molecule has 84 valence electrons. The zero-order chi connectivity index (χ0) is 11.4. The van der Waals surface area contributed by atoms with Gasteiger partial charge in [0.25, 0.3) is 0 Å². The minimum atomic E-state index is -0.326. The van der Waals surface area contributed by atoms with Gasteiger partial charge in [-0.25, -0.2) is 0 Å². The van der Waals surface area contributed by atoms with Gasteiger partial charge in [0.15, 0.2) is 0 Å². The molecule has 3 nitrogen and oxygen atoms in total. The second kappa shape index (κ2) is 2.83. The molecule has 2 rings (SSSR count). The first kappa shape index (κ1) is 10.7. The largest absolute Gasteiger partial charge is 0.393 e. The minimum absolute atomic E-state index is 0.0381. The van der Waals surface area contributed by atoms with E-state index < -0.39 is 0 Å². The summed E-state index contributed by atoms with van der Waals surface area (Å²) >= 11 is 0. The molecule has 3 heteroatoms. The monoisotopic (exact) mass is 210 g/mol. The van der Waals surface area contributed by atoms with Gasteiger partial charge in [0.1, 0.15) is 0 Å². The van der Waals surface area contributed by atoms with Crippen molar-refractivity contribution in [3.8, 4) is 0 Å². The lowest BCUT2D eigenvalue weighted by Gasteiger charge is -2.05. The average molecular weight is 210 g/mol. The van der Waals surface area contributed by atoms with Crippen LogP contribution in [0.3, 0.4) is 0 Å². The molecular weight excluding hydrogens is 192 g/mol. The fourth-order valence-corrected chi connectivity index (χ4v) is 1.98. The molecule has 0 bridgehead atoms. The lowest BCUT2D eigenvalue weighted by molar-refractivity contribution is -0.162. The average Bonchev–Trinajstić information content (AvgIpc) is 2.88. The van der Waals surface area contributed by atoms with Gasteiger partial charge in [-0.05, 0) is 23.7 Å². The van der Waals surface area contributed by atoms with Crippen molar-refractivity contribution in [2.45, 2.75) is 40.5 Å². The summed E-state index contributed by atoms with van der Waals surface area (Å²) in [5, 5.41) is 0. The van der Waals surface area contributed by atoms with E-state index in [1.807, 2.05) is 27.7 Å². The maximum atomic E-state index is 11.5. The Bertz CT molecular complexity index is 296. The normalized spacial score (nSPS) is 34.4. The van der Waals surface area contributed by atoms with Crippen molar-refractivity contribution in [1.29, 1.82) is 0 Å². The molecule has 0 heterocycles. The van der Waals surface area contributed by atoms with Crippen LogP contribution in [0.15, 0.2) is 0 Å². The fourth-order valence-electron chi connectivity index (χ4n) is 1.98. The quantitative estimate of drug-likeness (QED) is 0.518. The molecule has 0 N–H and O–H groups in total. The fraction of sp³-hybridized carbons (Fsp3) is 0.833. The first-order chi connectivity index (χ1) is 6.74. The summed E-state index contributed by atoms with van der Waals surface area (Å²) in [7, 11) is 0. The van der Waals surface area contributed by atoms with Crippen LogP contribution >= 0.6 is 0 Å². The highest BCUT2D eigenvalue weighted by Gasteiger charge is 2.55.